The first-order valence-electron chi connectivity index (χ1n) is 8.32. The van der Waals surface area contributed by atoms with E-state index < -0.39 is 17.8 Å². The first-order valence-corrected chi connectivity index (χ1v) is 8.32. The van der Waals surface area contributed by atoms with Gasteiger partial charge in [-0.1, -0.05) is 6.92 Å². The molecule has 0 aromatic carbocycles. The number of fused-ring (bicyclic) bond motifs is 1. The Kier molecular flexibility index (Phi) is 4.77. The molecule has 27 heavy (non-hydrogen) atoms. The summed E-state index contributed by atoms with van der Waals surface area (Å²) in [6.45, 7) is 4.38. The van der Waals surface area contributed by atoms with E-state index in [0.717, 1.165) is 24.3 Å². The summed E-state index contributed by atoms with van der Waals surface area (Å²) in [4.78, 5) is 23.6. The number of pyridine rings is 1. The number of halogens is 2. The number of hydrogen-bond donors (Lipinski definition) is 1. The normalized spacial score (nSPS) is 11.6. The van der Waals surface area contributed by atoms with Gasteiger partial charge in [0, 0.05) is 42.5 Å². The summed E-state index contributed by atoms with van der Waals surface area (Å²) < 4.78 is 33.8. The molecule has 0 unspecified atom stereocenters. The summed E-state index contributed by atoms with van der Waals surface area (Å²) in [7, 11) is 1.25. The Hall–Kier alpha value is -3.10. The van der Waals surface area contributed by atoms with Gasteiger partial charge in [-0.05, 0) is 18.9 Å². The Labute approximate surface area is 154 Å². The van der Waals surface area contributed by atoms with Gasteiger partial charge < -0.3 is 9.30 Å². The molecule has 0 saturated heterocycles. The van der Waals surface area contributed by atoms with Crippen LogP contribution in [0.25, 0.3) is 16.7 Å². The van der Waals surface area contributed by atoms with Crippen molar-refractivity contribution in [2.24, 2.45) is 0 Å². The van der Waals surface area contributed by atoms with Crippen LogP contribution < -0.4 is 5.32 Å². The quantitative estimate of drug-likeness (QED) is 0.746. The van der Waals surface area contributed by atoms with Gasteiger partial charge in [0.15, 0.2) is 0 Å². The van der Waals surface area contributed by atoms with Gasteiger partial charge in [0.05, 0.1) is 12.6 Å². The first kappa shape index (κ1) is 18.7. The molecule has 3 aromatic heterocycles. The maximum Gasteiger partial charge on any atom is 0.412 e. The number of methoxy groups -OCH3 is 1. The van der Waals surface area contributed by atoms with Crippen LogP contribution in [0, 0.1) is 6.92 Å². The van der Waals surface area contributed by atoms with Crippen LogP contribution in [0.2, 0.25) is 0 Å². The van der Waals surface area contributed by atoms with Gasteiger partial charge in [-0.2, -0.15) is 8.78 Å². The van der Waals surface area contributed by atoms with Crippen LogP contribution in [0.3, 0.4) is 0 Å². The van der Waals surface area contributed by atoms with Crippen LogP contribution in [0.4, 0.5) is 19.4 Å². The van der Waals surface area contributed by atoms with Crippen molar-refractivity contribution in [3.8, 4) is 5.82 Å². The van der Waals surface area contributed by atoms with E-state index in [1.807, 2.05) is 13.1 Å². The highest BCUT2D eigenvalue weighted by Gasteiger charge is 2.29. The van der Waals surface area contributed by atoms with Crippen LogP contribution in [0.15, 0.2) is 24.5 Å². The van der Waals surface area contributed by atoms with Crippen molar-refractivity contribution >= 4 is 22.8 Å². The SMILES string of the molecule is CCc1cn(-c2cc(C)nc(C(C)(F)F)n2)c2cc(NC(=O)OC)ncc12. The molecule has 0 atom stereocenters. The van der Waals surface area contributed by atoms with Gasteiger partial charge in [-0.25, -0.2) is 19.7 Å². The topological polar surface area (TPSA) is 81.9 Å². The average molecular weight is 375 g/mol. The number of hydrogen-bond acceptors (Lipinski definition) is 5. The van der Waals surface area contributed by atoms with E-state index in [9.17, 15) is 13.6 Å². The molecular formula is C18H19F2N5O2. The Morgan fingerprint density at radius 2 is 2.07 bits per heavy atom. The molecule has 0 aliphatic carbocycles. The highest BCUT2D eigenvalue weighted by Crippen LogP contribution is 2.29. The Bertz CT molecular complexity index is 1010. The van der Waals surface area contributed by atoms with Crippen molar-refractivity contribution in [2.45, 2.75) is 33.1 Å². The molecule has 0 aliphatic rings. The predicted molar refractivity (Wildman–Crippen MR) is 96.4 cm³/mol. The zero-order valence-electron chi connectivity index (χ0n) is 15.4. The Morgan fingerprint density at radius 1 is 1.33 bits per heavy atom. The summed E-state index contributed by atoms with van der Waals surface area (Å²) >= 11 is 0. The number of aryl methyl sites for hydroxylation is 2. The molecule has 9 heteroatoms. The molecule has 7 nitrogen and oxygen atoms in total. The van der Waals surface area contributed by atoms with Crippen molar-refractivity contribution < 1.29 is 18.3 Å². The molecule has 0 saturated carbocycles. The molecule has 0 radical (unpaired) electrons. The van der Waals surface area contributed by atoms with Gasteiger partial charge in [0.25, 0.3) is 0 Å². The molecule has 1 amide bonds. The third kappa shape index (κ3) is 3.71. The van der Waals surface area contributed by atoms with Crippen LogP contribution in [0.1, 0.15) is 30.9 Å². The van der Waals surface area contributed by atoms with Gasteiger partial charge >= 0.3 is 12.0 Å². The minimum Gasteiger partial charge on any atom is -0.453 e. The lowest BCUT2D eigenvalue weighted by Gasteiger charge is -2.12. The molecule has 0 spiro atoms. The van der Waals surface area contributed by atoms with Crippen LogP contribution in [-0.4, -0.2) is 32.7 Å². The number of anilines is 1. The minimum absolute atomic E-state index is 0.281. The summed E-state index contributed by atoms with van der Waals surface area (Å²) in [6.07, 6.45) is 3.52. The maximum atomic E-state index is 13.8. The summed E-state index contributed by atoms with van der Waals surface area (Å²) in [6, 6.07) is 3.27. The maximum absolute atomic E-state index is 13.8. The zero-order valence-corrected chi connectivity index (χ0v) is 15.4. The van der Waals surface area contributed by atoms with E-state index in [-0.39, 0.29) is 5.82 Å². The highest BCUT2D eigenvalue weighted by molar-refractivity contribution is 5.90. The lowest BCUT2D eigenvalue weighted by atomic mass is 10.2. The largest absolute Gasteiger partial charge is 0.453 e. The third-order valence-corrected chi connectivity index (χ3v) is 4.05. The molecule has 0 fully saturated rings. The molecule has 0 aliphatic heterocycles. The molecule has 3 rings (SSSR count). The number of rotatable bonds is 4. The van der Waals surface area contributed by atoms with Crippen molar-refractivity contribution in [2.75, 3.05) is 12.4 Å². The minimum atomic E-state index is -3.16. The standard InChI is InChI=1S/C18H19F2N5O2/c1-5-11-9-25(15-6-10(2)22-16(24-15)18(3,19)20)13-7-14(21-8-12(11)13)23-17(26)27-4/h6-9H,5H2,1-4H3,(H,21,23,26). The number of amides is 1. The van der Waals surface area contributed by atoms with E-state index in [2.05, 4.69) is 25.0 Å². The van der Waals surface area contributed by atoms with Crippen LogP contribution in [-0.2, 0) is 17.1 Å². The number of ether oxygens (including phenoxy) is 1. The van der Waals surface area contributed by atoms with Crippen molar-refractivity contribution in [1.82, 2.24) is 19.5 Å². The third-order valence-electron chi connectivity index (χ3n) is 4.05. The van der Waals surface area contributed by atoms with Gasteiger partial charge in [0.2, 0.25) is 5.82 Å². The summed E-state index contributed by atoms with van der Waals surface area (Å²) in [5.41, 5.74) is 2.08. The van der Waals surface area contributed by atoms with Crippen molar-refractivity contribution in [3.05, 3.63) is 41.6 Å². The average Bonchev–Trinajstić information content (AvgIpc) is 2.98. The number of alkyl halides is 2. The lowest BCUT2D eigenvalue weighted by molar-refractivity contribution is 0.00749. The molecule has 3 heterocycles. The van der Waals surface area contributed by atoms with Crippen LogP contribution in [0.5, 0.6) is 0 Å². The van der Waals surface area contributed by atoms with Gasteiger partial charge in [-0.3, -0.25) is 5.32 Å². The molecule has 1 N–H and O–H groups in total. The fourth-order valence-electron chi connectivity index (χ4n) is 2.75. The van der Waals surface area contributed by atoms with E-state index in [0.29, 0.717) is 17.0 Å². The molecule has 3 aromatic rings. The molecular weight excluding hydrogens is 356 g/mol. The number of nitrogens with one attached hydrogen (secondary N) is 1. The molecule has 142 valence electrons. The smallest absolute Gasteiger partial charge is 0.412 e. The second kappa shape index (κ2) is 6.90. The second-order valence-corrected chi connectivity index (χ2v) is 6.16. The fourth-order valence-corrected chi connectivity index (χ4v) is 2.75. The van der Waals surface area contributed by atoms with Gasteiger partial charge in [-0.15, -0.1) is 0 Å². The van der Waals surface area contributed by atoms with E-state index >= 15 is 0 Å². The highest BCUT2D eigenvalue weighted by atomic mass is 19.3. The first-order chi connectivity index (χ1) is 12.7. The number of carbonyl (C=O) groups is 1. The van der Waals surface area contributed by atoms with E-state index in [1.165, 1.54) is 7.11 Å². The van der Waals surface area contributed by atoms with Crippen LogP contribution >= 0.6 is 0 Å². The fraction of sp³-hybridized carbons (Fsp3) is 0.333. The number of nitrogens with zero attached hydrogens (tertiary/aromatic N) is 4. The second-order valence-electron chi connectivity index (χ2n) is 6.16. The predicted octanol–water partition coefficient (Wildman–Crippen LogP) is 3.98. The molecule has 0 bridgehead atoms. The zero-order chi connectivity index (χ0) is 19.8. The van der Waals surface area contributed by atoms with E-state index in [1.54, 1.807) is 29.8 Å². The lowest BCUT2D eigenvalue weighted by Crippen LogP contribution is -2.15. The van der Waals surface area contributed by atoms with Crippen molar-refractivity contribution in [1.29, 1.82) is 0 Å². The number of carbonyl (C=O) groups excluding carboxylic acids is 1. The van der Waals surface area contributed by atoms with Crippen molar-refractivity contribution in [3.63, 3.8) is 0 Å². The Morgan fingerprint density at radius 3 is 2.70 bits per heavy atom. The Balaban J connectivity index is 2.20. The number of aromatic nitrogens is 4. The van der Waals surface area contributed by atoms with Gasteiger partial charge in [0.1, 0.15) is 11.6 Å². The summed E-state index contributed by atoms with van der Waals surface area (Å²) in [5, 5.41) is 3.34. The van der Waals surface area contributed by atoms with E-state index in [4.69, 9.17) is 0 Å². The monoisotopic (exact) mass is 375 g/mol. The summed E-state index contributed by atoms with van der Waals surface area (Å²) in [5.74, 6) is -3.10.